The van der Waals surface area contributed by atoms with E-state index < -0.39 is 0 Å². The number of likely N-dealkylation sites (N-methyl/N-ethyl adjacent to an activating group) is 1. The Hall–Kier alpha value is -2.04. The molecule has 0 unspecified atom stereocenters. The molecule has 1 N–H and O–H groups in total. The van der Waals surface area contributed by atoms with Gasteiger partial charge in [-0.15, -0.1) is 0 Å². The quantitative estimate of drug-likeness (QED) is 0.890. The van der Waals surface area contributed by atoms with E-state index in [9.17, 15) is 4.79 Å². The summed E-state index contributed by atoms with van der Waals surface area (Å²) in [6.45, 7) is 3.25. The molecule has 2 aliphatic heterocycles. The first-order valence-electron chi connectivity index (χ1n) is 9.01. The van der Waals surface area contributed by atoms with Gasteiger partial charge in [-0.3, -0.25) is 4.79 Å². The number of ether oxygens (including phenoxy) is 1. The van der Waals surface area contributed by atoms with Gasteiger partial charge in [-0.05, 0) is 54.7 Å². The number of benzene rings is 2. The second-order valence-corrected chi connectivity index (χ2v) is 8.20. The topological polar surface area (TPSA) is 41.6 Å². The van der Waals surface area contributed by atoms with Crippen LogP contribution in [0.3, 0.4) is 0 Å². The summed E-state index contributed by atoms with van der Waals surface area (Å²) in [4.78, 5) is 14.4. The molecule has 26 heavy (non-hydrogen) atoms. The summed E-state index contributed by atoms with van der Waals surface area (Å²) < 4.78 is 5.56. The van der Waals surface area contributed by atoms with Crippen molar-refractivity contribution in [3.63, 3.8) is 0 Å². The molecule has 0 radical (unpaired) electrons. The van der Waals surface area contributed by atoms with Crippen LogP contribution >= 0.6 is 11.6 Å². The van der Waals surface area contributed by atoms with Crippen LogP contribution in [0.4, 0.5) is 11.4 Å². The van der Waals surface area contributed by atoms with Crippen LogP contribution < -0.4 is 10.2 Å². The minimum atomic E-state index is -0.276. The molecule has 2 aromatic carbocycles. The Labute approximate surface area is 158 Å². The lowest BCUT2D eigenvalue weighted by Crippen LogP contribution is -2.53. The van der Waals surface area contributed by atoms with Crippen molar-refractivity contribution in [2.45, 2.75) is 30.7 Å². The number of fused-ring (bicyclic) bond motifs is 2. The summed E-state index contributed by atoms with van der Waals surface area (Å²) in [6, 6.07) is 12.3. The number of halogens is 1. The van der Waals surface area contributed by atoms with Gasteiger partial charge in [-0.1, -0.05) is 29.8 Å². The van der Waals surface area contributed by atoms with E-state index in [1.54, 1.807) is 0 Å². The summed E-state index contributed by atoms with van der Waals surface area (Å²) >= 11 is 6.34. The number of anilines is 2. The molecule has 5 heteroatoms. The highest BCUT2D eigenvalue weighted by Gasteiger charge is 2.58. The van der Waals surface area contributed by atoms with Crippen molar-refractivity contribution in [2.24, 2.45) is 0 Å². The molecule has 3 aliphatic rings. The SMILES string of the molecule is Cc1c(Cl)cccc1C1(Nc2ccc3c(c2)N(C)C(=O)C32CC2)COC1. The number of carbonyl (C=O) groups is 1. The number of hydrogen-bond acceptors (Lipinski definition) is 3. The molecule has 134 valence electrons. The highest BCUT2D eigenvalue weighted by Crippen LogP contribution is 2.57. The molecule has 1 spiro atoms. The maximum Gasteiger partial charge on any atom is 0.237 e. The maximum absolute atomic E-state index is 12.6. The maximum atomic E-state index is 12.6. The molecule has 1 saturated carbocycles. The predicted octanol–water partition coefficient (Wildman–Crippen LogP) is 3.99. The number of rotatable bonds is 3. The van der Waals surface area contributed by atoms with Crippen LogP contribution in [0, 0.1) is 6.92 Å². The van der Waals surface area contributed by atoms with Gasteiger partial charge in [-0.25, -0.2) is 0 Å². The largest absolute Gasteiger partial charge is 0.376 e. The van der Waals surface area contributed by atoms with Crippen LogP contribution in [0.5, 0.6) is 0 Å². The van der Waals surface area contributed by atoms with Gasteiger partial charge in [0.25, 0.3) is 0 Å². The molecule has 2 fully saturated rings. The van der Waals surface area contributed by atoms with Gasteiger partial charge in [0, 0.05) is 23.4 Å². The molecule has 5 rings (SSSR count). The highest BCUT2D eigenvalue weighted by molar-refractivity contribution is 6.31. The van der Waals surface area contributed by atoms with Crippen molar-refractivity contribution in [2.75, 3.05) is 30.5 Å². The number of carbonyl (C=O) groups excluding carboxylic acids is 1. The smallest absolute Gasteiger partial charge is 0.237 e. The first-order valence-corrected chi connectivity index (χ1v) is 9.39. The lowest BCUT2D eigenvalue weighted by atomic mass is 9.84. The Morgan fingerprint density at radius 2 is 1.92 bits per heavy atom. The standard InChI is InChI=1S/C21H21ClN2O2/c1-13-15(4-3-5-17(13)22)21(11-26-12-21)23-14-6-7-16-18(10-14)24(2)19(25)20(16)8-9-20/h3-7,10,23H,8-9,11-12H2,1-2H3. The molecule has 2 aromatic rings. The molecule has 1 amide bonds. The number of amides is 1. The van der Waals surface area contributed by atoms with E-state index in [-0.39, 0.29) is 16.9 Å². The zero-order valence-corrected chi connectivity index (χ0v) is 15.7. The van der Waals surface area contributed by atoms with Crippen molar-refractivity contribution >= 4 is 28.9 Å². The fourth-order valence-corrected chi connectivity index (χ4v) is 4.62. The van der Waals surface area contributed by atoms with Crippen molar-refractivity contribution < 1.29 is 9.53 Å². The lowest BCUT2D eigenvalue weighted by molar-refractivity contribution is -0.119. The van der Waals surface area contributed by atoms with Crippen LogP contribution in [0.15, 0.2) is 36.4 Å². The Morgan fingerprint density at radius 1 is 1.15 bits per heavy atom. The van der Waals surface area contributed by atoms with Gasteiger partial charge in [0.15, 0.2) is 0 Å². The van der Waals surface area contributed by atoms with Crippen LogP contribution in [0.2, 0.25) is 5.02 Å². The monoisotopic (exact) mass is 368 g/mol. The van der Waals surface area contributed by atoms with Crippen molar-refractivity contribution in [3.05, 3.63) is 58.1 Å². The molecule has 0 aromatic heterocycles. The second kappa shape index (κ2) is 5.24. The normalized spacial score (nSPS) is 21.5. The zero-order chi connectivity index (χ0) is 18.1. The zero-order valence-electron chi connectivity index (χ0n) is 14.9. The molecular formula is C21H21ClN2O2. The minimum Gasteiger partial charge on any atom is -0.376 e. The first-order chi connectivity index (χ1) is 12.5. The lowest BCUT2D eigenvalue weighted by Gasteiger charge is -2.44. The summed E-state index contributed by atoms with van der Waals surface area (Å²) in [5.74, 6) is 0.233. The fraction of sp³-hybridized carbons (Fsp3) is 0.381. The molecule has 0 atom stereocenters. The van der Waals surface area contributed by atoms with Crippen LogP contribution in [-0.2, 0) is 20.5 Å². The van der Waals surface area contributed by atoms with Gasteiger partial charge < -0.3 is 15.0 Å². The third kappa shape index (κ3) is 2.03. The summed E-state index contributed by atoms with van der Waals surface area (Å²) in [5.41, 5.74) is 4.94. The van der Waals surface area contributed by atoms with Gasteiger partial charge in [-0.2, -0.15) is 0 Å². The molecule has 1 saturated heterocycles. The first kappa shape index (κ1) is 16.2. The number of hydrogen-bond donors (Lipinski definition) is 1. The molecular weight excluding hydrogens is 348 g/mol. The fourth-order valence-electron chi connectivity index (χ4n) is 4.45. The van der Waals surface area contributed by atoms with Gasteiger partial charge in [0.1, 0.15) is 5.54 Å². The average molecular weight is 369 g/mol. The second-order valence-electron chi connectivity index (χ2n) is 7.79. The van der Waals surface area contributed by atoms with Crippen LogP contribution in [0.25, 0.3) is 0 Å². The van der Waals surface area contributed by atoms with E-state index in [1.807, 2.05) is 31.0 Å². The molecule has 4 nitrogen and oxygen atoms in total. The molecule has 0 bridgehead atoms. The number of nitrogens with zero attached hydrogens (tertiary/aromatic N) is 1. The van der Waals surface area contributed by atoms with Gasteiger partial charge in [0.2, 0.25) is 5.91 Å². The van der Waals surface area contributed by atoms with E-state index >= 15 is 0 Å². The van der Waals surface area contributed by atoms with Crippen LogP contribution in [-0.4, -0.2) is 26.2 Å². The van der Waals surface area contributed by atoms with E-state index in [0.717, 1.165) is 34.8 Å². The summed E-state index contributed by atoms with van der Waals surface area (Å²) in [7, 11) is 1.88. The van der Waals surface area contributed by atoms with E-state index in [1.165, 1.54) is 11.1 Å². The summed E-state index contributed by atoms with van der Waals surface area (Å²) in [6.07, 6.45) is 1.94. The van der Waals surface area contributed by atoms with E-state index in [2.05, 4.69) is 29.6 Å². The third-order valence-corrected chi connectivity index (χ3v) is 6.61. The predicted molar refractivity (Wildman–Crippen MR) is 103 cm³/mol. The third-order valence-electron chi connectivity index (χ3n) is 6.20. The van der Waals surface area contributed by atoms with Gasteiger partial charge >= 0.3 is 0 Å². The average Bonchev–Trinajstić information content (AvgIpc) is 3.38. The van der Waals surface area contributed by atoms with E-state index in [4.69, 9.17) is 16.3 Å². The minimum absolute atomic E-state index is 0.233. The Balaban J connectivity index is 1.52. The Morgan fingerprint density at radius 3 is 2.58 bits per heavy atom. The van der Waals surface area contributed by atoms with Crippen molar-refractivity contribution in [1.29, 1.82) is 0 Å². The highest BCUT2D eigenvalue weighted by atomic mass is 35.5. The molecule has 2 heterocycles. The Kier molecular flexibility index (Phi) is 3.26. The molecule has 1 aliphatic carbocycles. The van der Waals surface area contributed by atoms with Crippen molar-refractivity contribution in [1.82, 2.24) is 0 Å². The van der Waals surface area contributed by atoms with Gasteiger partial charge in [0.05, 0.1) is 18.6 Å². The van der Waals surface area contributed by atoms with Crippen LogP contribution in [0.1, 0.15) is 29.5 Å². The number of nitrogens with one attached hydrogen (secondary N) is 1. The summed E-state index contributed by atoms with van der Waals surface area (Å²) in [5, 5.41) is 4.44. The van der Waals surface area contributed by atoms with E-state index in [0.29, 0.717) is 13.2 Å². The van der Waals surface area contributed by atoms with Crippen molar-refractivity contribution in [3.8, 4) is 0 Å². The Bertz CT molecular complexity index is 932.